The minimum Gasteiger partial charge on any atom is -0.486 e. The Bertz CT molecular complexity index is 1540. The molecule has 0 unspecified atom stereocenters. The highest BCUT2D eigenvalue weighted by atomic mass is 19.1. The van der Waals surface area contributed by atoms with E-state index in [-0.39, 0.29) is 18.2 Å². The number of fused-ring (bicyclic) bond motifs is 2. The molecule has 0 amide bonds. The SMILES string of the molecule is CCn1nnc2c(C)c([C@H](CC(=O)O)c3ccc(C)c(CN4Cc5cc(F)ccc5OC(C)(C)C4)c3)ccc21. The number of rotatable bonds is 7. The van der Waals surface area contributed by atoms with Crippen molar-refractivity contribution in [3.63, 3.8) is 0 Å². The number of aromatic nitrogens is 3. The molecule has 1 aliphatic heterocycles. The van der Waals surface area contributed by atoms with Gasteiger partial charge < -0.3 is 9.84 Å². The Morgan fingerprint density at radius 3 is 2.69 bits per heavy atom. The number of benzene rings is 3. The quantitative estimate of drug-likeness (QED) is 0.316. The van der Waals surface area contributed by atoms with Gasteiger partial charge in [0.15, 0.2) is 0 Å². The van der Waals surface area contributed by atoms with Crippen molar-refractivity contribution in [2.45, 2.75) is 72.2 Å². The fourth-order valence-corrected chi connectivity index (χ4v) is 5.74. The summed E-state index contributed by atoms with van der Waals surface area (Å²) in [6.07, 6.45) is -0.0337. The number of carboxylic acid groups (broad SMARTS) is 1. The van der Waals surface area contributed by atoms with Crippen molar-refractivity contribution in [2.75, 3.05) is 6.54 Å². The summed E-state index contributed by atoms with van der Waals surface area (Å²) in [4.78, 5) is 14.3. The number of hydrogen-bond donors (Lipinski definition) is 1. The van der Waals surface area contributed by atoms with Crippen LogP contribution in [0, 0.1) is 19.7 Å². The Labute approximate surface area is 228 Å². The molecule has 2 heterocycles. The van der Waals surface area contributed by atoms with E-state index in [0.717, 1.165) is 44.4 Å². The molecule has 0 bridgehead atoms. The third-order valence-corrected chi connectivity index (χ3v) is 7.61. The zero-order valence-corrected chi connectivity index (χ0v) is 23.2. The molecule has 7 nitrogen and oxygen atoms in total. The highest BCUT2D eigenvalue weighted by Gasteiger charge is 2.30. The first-order valence-electron chi connectivity index (χ1n) is 13.4. The van der Waals surface area contributed by atoms with Gasteiger partial charge in [-0.05, 0) is 86.7 Å². The summed E-state index contributed by atoms with van der Waals surface area (Å²) in [5.41, 5.74) is 7.17. The molecule has 0 radical (unpaired) electrons. The van der Waals surface area contributed by atoms with Gasteiger partial charge in [-0.25, -0.2) is 9.07 Å². The van der Waals surface area contributed by atoms with Gasteiger partial charge in [0, 0.05) is 37.7 Å². The third-order valence-electron chi connectivity index (χ3n) is 7.61. The first kappa shape index (κ1) is 26.8. The van der Waals surface area contributed by atoms with Crippen LogP contribution in [0.4, 0.5) is 4.39 Å². The molecule has 0 saturated carbocycles. The van der Waals surface area contributed by atoms with Crippen LogP contribution in [-0.2, 0) is 24.4 Å². The van der Waals surface area contributed by atoms with Crippen LogP contribution in [0.2, 0.25) is 0 Å². The van der Waals surface area contributed by atoms with Crippen molar-refractivity contribution < 1.29 is 19.0 Å². The highest BCUT2D eigenvalue weighted by Crippen LogP contribution is 2.35. The van der Waals surface area contributed by atoms with E-state index in [2.05, 4.69) is 34.3 Å². The topological polar surface area (TPSA) is 80.5 Å². The van der Waals surface area contributed by atoms with Crippen LogP contribution in [-0.4, -0.2) is 43.1 Å². The van der Waals surface area contributed by atoms with Crippen molar-refractivity contribution >= 4 is 17.0 Å². The second kappa shape index (κ2) is 10.4. The average Bonchev–Trinajstić information content (AvgIpc) is 3.24. The highest BCUT2D eigenvalue weighted by molar-refractivity contribution is 5.80. The van der Waals surface area contributed by atoms with E-state index in [1.807, 2.05) is 50.6 Å². The van der Waals surface area contributed by atoms with Gasteiger partial charge in [0.1, 0.15) is 22.7 Å². The first-order valence-corrected chi connectivity index (χ1v) is 13.4. The molecule has 8 heteroatoms. The summed E-state index contributed by atoms with van der Waals surface area (Å²) in [5.74, 6) is -0.764. The molecular weight excluding hydrogens is 495 g/mol. The van der Waals surface area contributed by atoms with Gasteiger partial charge in [-0.1, -0.05) is 29.5 Å². The van der Waals surface area contributed by atoms with E-state index in [4.69, 9.17) is 4.74 Å². The number of aliphatic carboxylic acids is 1. The van der Waals surface area contributed by atoms with Gasteiger partial charge in [-0.15, -0.1) is 5.10 Å². The molecule has 0 aliphatic carbocycles. The van der Waals surface area contributed by atoms with Crippen LogP contribution >= 0.6 is 0 Å². The number of carbonyl (C=O) groups is 1. The normalized spacial score (nSPS) is 15.9. The predicted octanol–water partition coefficient (Wildman–Crippen LogP) is 5.99. The molecule has 1 atom stereocenters. The molecule has 0 saturated heterocycles. The number of carboxylic acids is 1. The van der Waals surface area contributed by atoms with Crippen LogP contribution < -0.4 is 4.74 Å². The maximum atomic E-state index is 14.1. The summed E-state index contributed by atoms with van der Waals surface area (Å²) < 4.78 is 22.1. The Morgan fingerprint density at radius 1 is 1.15 bits per heavy atom. The van der Waals surface area contributed by atoms with Crippen LogP contribution in [0.25, 0.3) is 11.0 Å². The molecule has 39 heavy (non-hydrogen) atoms. The van der Waals surface area contributed by atoms with Gasteiger partial charge in [0.2, 0.25) is 0 Å². The zero-order chi connectivity index (χ0) is 27.9. The van der Waals surface area contributed by atoms with Gasteiger partial charge in [-0.2, -0.15) is 0 Å². The standard InChI is InChI=1S/C31H35FN4O3/c1-6-36-27-11-10-25(20(3)30(27)33-34-36)26(15-29(37)38)21-8-7-19(2)22(13-21)16-35-17-23-14-24(32)9-12-28(23)39-31(4,5)18-35/h7-14,26H,6,15-18H2,1-5H3,(H,37,38)/t26-/m1/s1. The lowest BCUT2D eigenvalue weighted by Gasteiger charge is -2.30. The second-order valence-electron chi connectivity index (χ2n) is 11.1. The number of nitrogens with zero attached hydrogens (tertiary/aromatic N) is 4. The van der Waals surface area contributed by atoms with Crippen molar-refractivity contribution in [2.24, 2.45) is 0 Å². The Morgan fingerprint density at radius 2 is 1.95 bits per heavy atom. The van der Waals surface area contributed by atoms with Crippen molar-refractivity contribution in [3.05, 3.63) is 87.7 Å². The van der Waals surface area contributed by atoms with Crippen molar-refractivity contribution in [1.82, 2.24) is 19.9 Å². The van der Waals surface area contributed by atoms with Gasteiger partial charge in [-0.3, -0.25) is 9.69 Å². The molecule has 5 rings (SSSR count). The molecule has 0 spiro atoms. The number of aryl methyl sites for hydroxylation is 3. The van der Waals surface area contributed by atoms with E-state index in [0.29, 0.717) is 31.9 Å². The summed E-state index contributed by atoms with van der Waals surface area (Å²) in [7, 11) is 0. The predicted molar refractivity (Wildman–Crippen MR) is 148 cm³/mol. The minimum atomic E-state index is -0.858. The lowest BCUT2D eigenvalue weighted by Crippen LogP contribution is -2.40. The fraction of sp³-hybridized carbons (Fsp3) is 0.387. The number of halogens is 1. The van der Waals surface area contributed by atoms with E-state index in [9.17, 15) is 14.3 Å². The Kier molecular flexibility index (Phi) is 7.16. The zero-order valence-electron chi connectivity index (χ0n) is 23.2. The maximum absolute atomic E-state index is 14.1. The van der Waals surface area contributed by atoms with Gasteiger partial charge in [0.05, 0.1) is 11.9 Å². The summed E-state index contributed by atoms with van der Waals surface area (Å²) in [6, 6.07) is 14.9. The number of ether oxygens (including phenoxy) is 1. The van der Waals surface area contributed by atoms with Crippen LogP contribution in [0.15, 0.2) is 48.5 Å². The molecule has 1 N–H and O–H groups in total. The van der Waals surface area contributed by atoms with E-state index in [1.165, 1.54) is 6.07 Å². The summed E-state index contributed by atoms with van der Waals surface area (Å²) in [5, 5.41) is 18.5. The smallest absolute Gasteiger partial charge is 0.304 e. The third kappa shape index (κ3) is 5.52. The van der Waals surface area contributed by atoms with Crippen LogP contribution in [0.1, 0.15) is 66.5 Å². The first-order chi connectivity index (χ1) is 18.5. The average molecular weight is 531 g/mol. The molecule has 1 aromatic heterocycles. The molecular formula is C31H35FN4O3. The molecule has 1 aliphatic rings. The molecule has 3 aromatic carbocycles. The van der Waals surface area contributed by atoms with Crippen molar-refractivity contribution in [1.29, 1.82) is 0 Å². The van der Waals surface area contributed by atoms with E-state index in [1.54, 1.807) is 12.1 Å². The summed E-state index contributed by atoms with van der Waals surface area (Å²) >= 11 is 0. The van der Waals surface area contributed by atoms with Crippen molar-refractivity contribution in [3.8, 4) is 5.75 Å². The van der Waals surface area contributed by atoms with E-state index >= 15 is 0 Å². The van der Waals surface area contributed by atoms with Gasteiger partial charge >= 0.3 is 5.97 Å². The lowest BCUT2D eigenvalue weighted by molar-refractivity contribution is -0.137. The van der Waals surface area contributed by atoms with Gasteiger partial charge in [0.25, 0.3) is 0 Å². The summed E-state index contributed by atoms with van der Waals surface area (Å²) in [6.45, 7) is 12.7. The van der Waals surface area contributed by atoms with Crippen LogP contribution in [0.5, 0.6) is 5.75 Å². The molecule has 4 aromatic rings. The largest absolute Gasteiger partial charge is 0.486 e. The minimum absolute atomic E-state index is 0.0337. The lowest BCUT2D eigenvalue weighted by atomic mass is 9.84. The monoisotopic (exact) mass is 530 g/mol. The second-order valence-corrected chi connectivity index (χ2v) is 11.1. The molecule has 0 fully saturated rings. The molecule has 204 valence electrons. The Balaban J connectivity index is 1.51. The Hall–Kier alpha value is -3.78. The van der Waals surface area contributed by atoms with E-state index < -0.39 is 11.6 Å². The maximum Gasteiger partial charge on any atom is 0.304 e. The fourth-order valence-electron chi connectivity index (χ4n) is 5.74. The number of hydrogen-bond acceptors (Lipinski definition) is 5. The van der Waals surface area contributed by atoms with Crippen LogP contribution in [0.3, 0.4) is 0 Å².